The average molecular weight is 441 g/mol. The number of anilines is 2. The number of benzene rings is 1. The topological polar surface area (TPSA) is 130 Å². The first-order chi connectivity index (χ1) is 15.6. The first-order valence-electron chi connectivity index (χ1n) is 10.9. The molecule has 0 unspecified atom stereocenters. The molecule has 4 N–H and O–H groups in total. The van der Waals surface area contributed by atoms with Crippen molar-refractivity contribution >= 4 is 22.9 Å². The fraction of sp³-hybridized carbons (Fsp3) is 0.500. The van der Waals surface area contributed by atoms with Crippen molar-refractivity contribution in [2.45, 2.75) is 50.4 Å². The van der Waals surface area contributed by atoms with Gasteiger partial charge in [0.2, 0.25) is 5.95 Å². The van der Waals surface area contributed by atoms with Gasteiger partial charge in [-0.05, 0) is 12.0 Å². The highest BCUT2D eigenvalue weighted by molar-refractivity contribution is 5.83. The molecular formula is C22H28N6O4. The molecule has 4 heterocycles. The molecule has 0 amide bonds. The molecular weight excluding hydrogens is 412 g/mol. The Bertz CT molecular complexity index is 1080. The Balaban J connectivity index is 1.42. The van der Waals surface area contributed by atoms with Gasteiger partial charge in [-0.25, -0.2) is 4.98 Å². The number of rotatable bonds is 9. The largest absolute Gasteiger partial charge is 0.393 e. The number of hydrogen-bond donors (Lipinski definition) is 3. The lowest BCUT2D eigenvalue weighted by Gasteiger charge is -2.29. The Morgan fingerprint density at radius 2 is 2.16 bits per heavy atom. The van der Waals surface area contributed by atoms with E-state index >= 15 is 0 Å². The molecule has 2 fully saturated rings. The molecule has 2 bridgehead atoms. The zero-order valence-electron chi connectivity index (χ0n) is 18.0. The number of imidazole rings is 1. The molecule has 5 rings (SSSR count). The minimum Gasteiger partial charge on any atom is -0.393 e. The molecule has 0 aliphatic carbocycles. The zero-order valence-corrected chi connectivity index (χ0v) is 18.0. The molecule has 4 atom stereocenters. The summed E-state index contributed by atoms with van der Waals surface area (Å²) < 4.78 is 20.4. The van der Waals surface area contributed by atoms with Crippen LogP contribution >= 0.6 is 0 Å². The van der Waals surface area contributed by atoms with Gasteiger partial charge in [-0.1, -0.05) is 43.7 Å². The molecule has 0 spiro atoms. The van der Waals surface area contributed by atoms with Crippen LogP contribution in [0.2, 0.25) is 0 Å². The molecule has 2 aliphatic heterocycles. The Hall–Kier alpha value is -2.79. The SMILES string of the molecule is CCCCNc1nc(N)c2ncn([C@@H]3O[C@@]4(CO)CO[C@@H]3[C@@H]4OCc3ccccc3)c2n1. The fourth-order valence-corrected chi connectivity index (χ4v) is 4.32. The van der Waals surface area contributed by atoms with Crippen LogP contribution in [0.25, 0.3) is 11.2 Å². The summed E-state index contributed by atoms with van der Waals surface area (Å²) in [5.41, 5.74) is 7.28. The number of aromatic nitrogens is 4. The fourth-order valence-electron chi connectivity index (χ4n) is 4.32. The normalized spacial score (nSPS) is 26.8. The van der Waals surface area contributed by atoms with Gasteiger partial charge in [0.05, 0.1) is 26.1 Å². The first kappa shape index (κ1) is 21.1. The van der Waals surface area contributed by atoms with E-state index in [9.17, 15) is 5.11 Å². The minimum atomic E-state index is -0.943. The van der Waals surface area contributed by atoms with Gasteiger partial charge in [0.1, 0.15) is 23.3 Å². The second-order valence-corrected chi connectivity index (χ2v) is 8.26. The van der Waals surface area contributed by atoms with Crippen molar-refractivity contribution in [3.8, 4) is 0 Å². The highest BCUT2D eigenvalue weighted by Gasteiger charge is 2.63. The summed E-state index contributed by atoms with van der Waals surface area (Å²) >= 11 is 0. The highest BCUT2D eigenvalue weighted by atomic mass is 16.7. The van der Waals surface area contributed by atoms with E-state index in [-0.39, 0.29) is 13.2 Å². The predicted molar refractivity (Wildman–Crippen MR) is 118 cm³/mol. The number of unbranched alkanes of at least 4 members (excludes halogenated alkanes) is 1. The number of nitrogens with one attached hydrogen (secondary N) is 1. The van der Waals surface area contributed by atoms with E-state index in [0.29, 0.717) is 29.5 Å². The molecule has 1 aromatic carbocycles. The van der Waals surface area contributed by atoms with E-state index < -0.39 is 24.0 Å². The van der Waals surface area contributed by atoms with Crippen LogP contribution in [0.3, 0.4) is 0 Å². The van der Waals surface area contributed by atoms with Crippen molar-refractivity contribution < 1.29 is 19.3 Å². The van der Waals surface area contributed by atoms with Crippen LogP contribution in [-0.4, -0.2) is 62.2 Å². The van der Waals surface area contributed by atoms with Crippen LogP contribution in [-0.2, 0) is 20.8 Å². The number of ether oxygens (including phenoxy) is 3. The molecule has 0 radical (unpaired) electrons. The maximum absolute atomic E-state index is 10.2. The third-order valence-corrected chi connectivity index (χ3v) is 6.05. The molecule has 2 aliphatic rings. The number of hydrogen-bond acceptors (Lipinski definition) is 9. The second kappa shape index (κ2) is 8.62. The summed E-state index contributed by atoms with van der Waals surface area (Å²) in [7, 11) is 0. The van der Waals surface area contributed by atoms with Gasteiger partial charge in [-0.2, -0.15) is 9.97 Å². The van der Waals surface area contributed by atoms with Gasteiger partial charge in [-0.15, -0.1) is 0 Å². The van der Waals surface area contributed by atoms with Gasteiger partial charge >= 0.3 is 0 Å². The summed E-state index contributed by atoms with van der Waals surface area (Å²) in [5, 5.41) is 13.4. The Morgan fingerprint density at radius 1 is 1.31 bits per heavy atom. The van der Waals surface area contributed by atoms with Crippen LogP contribution in [0.1, 0.15) is 31.6 Å². The summed E-state index contributed by atoms with van der Waals surface area (Å²) in [6, 6.07) is 9.89. The molecule has 10 heteroatoms. The Morgan fingerprint density at radius 3 is 2.94 bits per heavy atom. The predicted octanol–water partition coefficient (Wildman–Crippen LogP) is 1.86. The number of aliphatic hydroxyl groups is 1. The number of aliphatic hydroxyl groups excluding tert-OH is 1. The molecule has 2 aromatic heterocycles. The average Bonchev–Trinajstić information content (AvgIpc) is 3.48. The Kier molecular flexibility index (Phi) is 5.68. The van der Waals surface area contributed by atoms with Crippen LogP contribution in [0.15, 0.2) is 36.7 Å². The standard InChI is InChI=1S/C22H28N6O4/c1-2-3-9-24-21-26-18(23)15-19(27-21)28(13-25-15)20-16-17(22(11-29,32-20)12-31-16)30-10-14-7-5-4-6-8-14/h4-8,13,16-17,20,29H,2-3,9-12H2,1H3,(H3,23,24,26,27)/t16-,17+,20-,22+/m1/s1. The van der Waals surface area contributed by atoms with Gasteiger partial charge < -0.3 is 30.4 Å². The maximum Gasteiger partial charge on any atom is 0.226 e. The lowest BCUT2D eigenvalue weighted by atomic mass is 10.00. The van der Waals surface area contributed by atoms with E-state index in [2.05, 4.69) is 27.2 Å². The monoisotopic (exact) mass is 440 g/mol. The van der Waals surface area contributed by atoms with Crippen molar-refractivity contribution in [2.75, 3.05) is 30.8 Å². The molecule has 170 valence electrons. The quantitative estimate of drug-likeness (QED) is 0.427. The second-order valence-electron chi connectivity index (χ2n) is 8.26. The highest BCUT2D eigenvalue weighted by Crippen LogP contribution is 2.47. The van der Waals surface area contributed by atoms with E-state index in [1.807, 2.05) is 30.3 Å². The van der Waals surface area contributed by atoms with Crippen molar-refractivity contribution in [3.63, 3.8) is 0 Å². The number of nitrogen functional groups attached to an aromatic ring is 1. The van der Waals surface area contributed by atoms with E-state index in [1.54, 1.807) is 10.9 Å². The van der Waals surface area contributed by atoms with Crippen molar-refractivity contribution in [1.29, 1.82) is 0 Å². The summed E-state index contributed by atoms with van der Waals surface area (Å²) in [6.07, 6.45) is 2.28. The van der Waals surface area contributed by atoms with Crippen LogP contribution in [0.5, 0.6) is 0 Å². The Labute approximate surface area is 185 Å². The minimum absolute atomic E-state index is 0.215. The van der Waals surface area contributed by atoms with E-state index in [1.165, 1.54) is 0 Å². The molecule has 3 aromatic rings. The summed E-state index contributed by atoms with van der Waals surface area (Å²) in [4.78, 5) is 13.3. The summed E-state index contributed by atoms with van der Waals surface area (Å²) in [5.74, 6) is 0.744. The number of fused-ring (bicyclic) bond motifs is 3. The van der Waals surface area contributed by atoms with Gasteiger partial charge in [-0.3, -0.25) is 4.57 Å². The number of nitrogens with two attached hydrogens (primary N) is 1. The molecule has 32 heavy (non-hydrogen) atoms. The van der Waals surface area contributed by atoms with E-state index in [4.69, 9.17) is 19.9 Å². The van der Waals surface area contributed by atoms with Gasteiger partial charge in [0, 0.05) is 6.54 Å². The van der Waals surface area contributed by atoms with Crippen LogP contribution in [0, 0.1) is 0 Å². The van der Waals surface area contributed by atoms with Crippen molar-refractivity contribution in [3.05, 3.63) is 42.2 Å². The van der Waals surface area contributed by atoms with Gasteiger partial charge in [0.25, 0.3) is 0 Å². The van der Waals surface area contributed by atoms with Crippen LogP contribution in [0.4, 0.5) is 11.8 Å². The lowest BCUT2D eigenvalue weighted by molar-refractivity contribution is -0.187. The maximum atomic E-state index is 10.2. The molecule has 2 saturated heterocycles. The smallest absolute Gasteiger partial charge is 0.226 e. The van der Waals surface area contributed by atoms with Crippen LogP contribution < -0.4 is 11.1 Å². The lowest BCUT2D eigenvalue weighted by Crippen LogP contribution is -2.45. The molecule has 10 nitrogen and oxygen atoms in total. The third kappa shape index (κ3) is 3.58. The van der Waals surface area contributed by atoms with E-state index in [0.717, 1.165) is 24.9 Å². The zero-order chi connectivity index (χ0) is 22.1. The summed E-state index contributed by atoms with van der Waals surface area (Å²) in [6.45, 7) is 3.32. The van der Waals surface area contributed by atoms with Gasteiger partial charge in [0.15, 0.2) is 17.7 Å². The third-order valence-electron chi connectivity index (χ3n) is 6.05. The first-order valence-corrected chi connectivity index (χ1v) is 10.9. The molecule has 0 saturated carbocycles. The number of nitrogens with zero attached hydrogens (tertiary/aromatic N) is 4. The van der Waals surface area contributed by atoms with Crippen molar-refractivity contribution in [1.82, 2.24) is 19.5 Å². The van der Waals surface area contributed by atoms with Crippen molar-refractivity contribution in [2.24, 2.45) is 0 Å².